The summed E-state index contributed by atoms with van der Waals surface area (Å²) in [6.45, 7) is 8.26. The van der Waals surface area contributed by atoms with Gasteiger partial charge in [0.1, 0.15) is 0 Å². The molecule has 0 unspecified atom stereocenters. The molecule has 0 atom stereocenters. The van der Waals surface area contributed by atoms with Gasteiger partial charge in [-0.25, -0.2) is 0 Å². The summed E-state index contributed by atoms with van der Waals surface area (Å²) in [6, 6.07) is 7.37. The summed E-state index contributed by atoms with van der Waals surface area (Å²) in [7, 11) is 0. The summed E-state index contributed by atoms with van der Waals surface area (Å²) < 4.78 is 0. The number of benzene rings is 1. The number of hydrogen-bond acceptors (Lipinski definition) is 3. The van der Waals surface area contributed by atoms with Crippen LogP contribution >= 0.6 is 11.6 Å². The van der Waals surface area contributed by atoms with E-state index in [0.29, 0.717) is 10.6 Å². The van der Waals surface area contributed by atoms with Crippen LogP contribution in [0.15, 0.2) is 18.2 Å². The smallest absolute Gasteiger partial charge is 0.0992 e. The van der Waals surface area contributed by atoms with Crippen LogP contribution < -0.4 is 5.32 Å². The number of nitriles is 1. The van der Waals surface area contributed by atoms with Crippen LogP contribution in [0.1, 0.15) is 19.4 Å². The van der Waals surface area contributed by atoms with Gasteiger partial charge in [0.25, 0.3) is 0 Å². The van der Waals surface area contributed by atoms with Gasteiger partial charge in [-0.05, 0) is 31.3 Å². The van der Waals surface area contributed by atoms with Crippen LogP contribution in [-0.2, 0) is 0 Å². The van der Waals surface area contributed by atoms with E-state index in [-0.39, 0.29) is 0 Å². The van der Waals surface area contributed by atoms with E-state index in [1.807, 2.05) is 6.07 Å². The molecule has 0 aliphatic heterocycles. The molecule has 1 aromatic rings. The van der Waals surface area contributed by atoms with Crippen molar-refractivity contribution in [3.8, 4) is 6.07 Å². The molecule has 0 heterocycles. The molecular weight excluding hydrogens is 234 g/mol. The first-order chi connectivity index (χ1) is 8.21. The lowest BCUT2D eigenvalue weighted by Crippen LogP contribution is -2.28. The van der Waals surface area contributed by atoms with E-state index in [4.69, 9.17) is 16.9 Å². The van der Waals surface area contributed by atoms with Gasteiger partial charge in [-0.2, -0.15) is 5.26 Å². The summed E-state index contributed by atoms with van der Waals surface area (Å²) in [5.41, 5.74) is 1.47. The molecule has 1 rings (SSSR count). The number of nitrogens with zero attached hydrogens (tertiary/aromatic N) is 2. The highest BCUT2D eigenvalue weighted by molar-refractivity contribution is 6.33. The first kappa shape index (κ1) is 13.8. The Bertz CT molecular complexity index is 394. The SMILES string of the molecule is CCN(CC)CCNc1ccc(C#N)cc1Cl. The summed E-state index contributed by atoms with van der Waals surface area (Å²) in [4.78, 5) is 2.34. The largest absolute Gasteiger partial charge is 0.383 e. The molecule has 0 bridgehead atoms. The monoisotopic (exact) mass is 251 g/mol. The third-order valence-corrected chi connectivity index (χ3v) is 3.05. The quantitative estimate of drug-likeness (QED) is 0.845. The molecule has 0 spiro atoms. The fourth-order valence-corrected chi connectivity index (χ4v) is 1.86. The van der Waals surface area contributed by atoms with E-state index in [2.05, 4.69) is 30.1 Å². The lowest BCUT2D eigenvalue weighted by molar-refractivity contribution is 0.316. The molecule has 0 radical (unpaired) electrons. The van der Waals surface area contributed by atoms with Crippen molar-refractivity contribution in [3.63, 3.8) is 0 Å². The summed E-state index contributed by atoms with van der Waals surface area (Å²) in [5.74, 6) is 0. The number of likely N-dealkylation sites (N-methyl/N-ethyl adjacent to an activating group) is 1. The Hall–Kier alpha value is -1.24. The maximum atomic E-state index is 8.73. The van der Waals surface area contributed by atoms with E-state index in [9.17, 15) is 0 Å². The van der Waals surface area contributed by atoms with Crippen LogP contribution in [0.3, 0.4) is 0 Å². The van der Waals surface area contributed by atoms with Gasteiger partial charge in [0, 0.05) is 13.1 Å². The summed E-state index contributed by atoms with van der Waals surface area (Å²) in [6.07, 6.45) is 0. The number of anilines is 1. The lowest BCUT2D eigenvalue weighted by atomic mass is 10.2. The van der Waals surface area contributed by atoms with Crippen LogP contribution in [0.4, 0.5) is 5.69 Å². The van der Waals surface area contributed by atoms with Crippen molar-refractivity contribution >= 4 is 17.3 Å². The Labute approximate surface area is 108 Å². The minimum Gasteiger partial charge on any atom is -0.383 e. The van der Waals surface area contributed by atoms with Crippen molar-refractivity contribution in [3.05, 3.63) is 28.8 Å². The molecule has 0 aliphatic rings. The molecule has 0 fully saturated rings. The topological polar surface area (TPSA) is 39.1 Å². The molecule has 1 aromatic carbocycles. The normalized spacial score (nSPS) is 10.3. The van der Waals surface area contributed by atoms with E-state index >= 15 is 0 Å². The lowest BCUT2D eigenvalue weighted by Gasteiger charge is -2.18. The molecule has 17 heavy (non-hydrogen) atoms. The Morgan fingerprint density at radius 1 is 1.35 bits per heavy atom. The maximum absolute atomic E-state index is 8.73. The fraction of sp³-hybridized carbons (Fsp3) is 0.462. The molecule has 0 aliphatic carbocycles. The van der Waals surface area contributed by atoms with Gasteiger partial charge >= 0.3 is 0 Å². The predicted molar refractivity (Wildman–Crippen MR) is 72.4 cm³/mol. The molecule has 1 N–H and O–H groups in total. The number of halogens is 1. The summed E-state index contributed by atoms with van der Waals surface area (Å²) in [5, 5.41) is 12.6. The minimum absolute atomic E-state index is 0.587. The Balaban J connectivity index is 2.50. The van der Waals surface area contributed by atoms with Crippen molar-refractivity contribution in [2.45, 2.75) is 13.8 Å². The molecule has 0 saturated carbocycles. The van der Waals surface area contributed by atoms with E-state index < -0.39 is 0 Å². The standard InChI is InChI=1S/C13H18ClN3/c1-3-17(4-2)8-7-16-13-6-5-11(10-15)9-12(13)14/h5-6,9,16H,3-4,7-8H2,1-2H3. The molecule has 0 saturated heterocycles. The summed E-state index contributed by atoms with van der Waals surface area (Å²) >= 11 is 6.06. The van der Waals surface area contributed by atoms with Crippen LogP contribution in [0.25, 0.3) is 0 Å². The average Bonchev–Trinajstić information content (AvgIpc) is 2.36. The number of nitrogens with one attached hydrogen (secondary N) is 1. The van der Waals surface area contributed by atoms with Gasteiger partial charge in [0.2, 0.25) is 0 Å². The molecule has 0 amide bonds. The zero-order chi connectivity index (χ0) is 12.7. The van der Waals surface area contributed by atoms with Gasteiger partial charge in [0.15, 0.2) is 0 Å². The second-order valence-corrected chi connectivity index (χ2v) is 4.17. The van der Waals surface area contributed by atoms with E-state index in [0.717, 1.165) is 31.9 Å². The zero-order valence-electron chi connectivity index (χ0n) is 10.3. The van der Waals surface area contributed by atoms with Crippen molar-refractivity contribution in [2.75, 3.05) is 31.5 Å². The Morgan fingerprint density at radius 3 is 2.59 bits per heavy atom. The third kappa shape index (κ3) is 4.26. The predicted octanol–water partition coefficient (Wildman–Crippen LogP) is 2.97. The first-order valence-corrected chi connectivity index (χ1v) is 6.25. The van der Waals surface area contributed by atoms with Crippen LogP contribution in [0.2, 0.25) is 5.02 Å². The van der Waals surface area contributed by atoms with Gasteiger partial charge in [-0.1, -0.05) is 25.4 Å². The molecule has 4 heteroatoms. The van der Waals surface area contributed by atoms with Crippen LogP contribution in [-0.4, -0.2) is 31.1 Å². The van der Waals surface area contributed by atoms with Crippen molar-refractivity contribution in [1.29, 1.82) is 5.26 Å². The van der Waals surface area contributed by atoms with Gasteiger partial charge in [0.05, 0.1) is 22.3 Å². The molecule has 0 aromatic heterocycles. The molecule has 3 nitrogen and oxygen atoms in total. The van der Waals surface area contributed by atoms with Crippen LogP contribution in [0, 0.1) is 11.3 Å². The van der Waals surface area contributed by atoms with Crippen molar-refractivity contribution < 1.29 is 0 Å². The second kappa shape index (κ2) is 7.16. The van der Waals surface area contributed by atoms with E-state index in [1.54, 1.807) is 12.1 Å². The maximum Gasteiger partial charge on any atom is 0.0992 e. The third-order valence-electron chi connectivity index (χ3n) is 2.74. The van der Waals surface area contributed by atoms with Gasteiger partial charge in [-0.3, -0.25) is 0 Å². The van der Waals surface area contributed by atoms with E-state index in [1.165, 1.54) is 0 Å². The Kier molecular flexibility index (Phi) is 5.82. The molecule has 92 valence electrons. The van der Waals surface area contributed by atoms with Crippen molar-refractivity contribution in [2.24, 2.45) is 0 Å². The average molecular weight is 252 g/mol. The highest BCUT2D eigenvalue weighted by Gasteiger charge is 2.02. The highest BCUT2D eigenvalue weighted by Crippen LogP contribution is 2.22. The minimum atomic E-state index is 0.587. The number of hydrogen-bond donors (Lipinski definition) is 1. The second-order valence-electron chi connectivity index (χ2n) is 3.76. The fourth-order valence-electron chi connectivity index (χ4n) is 1.62. The molecular formula is C13H18ClN3. The van der Waals surface area contributed by atoms with Crippen LogP contribution in [0.5, 0.6) is 0 Å². The number of rotatable bonds is 6. The zero-order valence-corrected chi connectivity index (χ0v) is 11.1. The highest BCUT2D eigenvalue weighted by atomic mass is 35.5. The van der Waals surface area contributed by atoms with Gasteiger partial charge < -0.3 is 10.2 Å². The van der Waals surface area contributed by atoms with Gasteiger partial charge in [-0.15, -0.1) is 0 Å². The first-order valence-electron chi connectivity index (χ1n) is 5.87. The van der Waals surface area contributed by atoms with Crippen molar-refractivity contribution in [1.82, 2.24) is 4.90 Å². The Morgan fingerprint density at radius 2 is 2.06 bits per heavy atom.